The molecule has 0 N–H and O–H groups in total. The molecular weight excluding hydrogens is 450 g/mol. The zero-order chi connectivity index (χ0) is 22.5. The predicted molar refractivity (Wildman–Crippen MR) is 135 cm³/mol. The van der Waals surface area contributed by atoms with Gasteiger partial charge < -0.3 is 4.90 Å². The number of aromatic nitrogens is 2. The molecule has 4 aromatic rings. The number of aryl methyl sites for hydroxylation is 2. The third-order valence-corrected chi connectivity index (χ3v) is 8.73. The smallest absolute Gasteiger partial charge is 0.267 e. The van der Waals surface area contributed by atoms with Crippen molar-refractivity contribution >= 4 is 44.9 Å². The van der Waals surface area contributed by atoms with Crippen LogP contribution in [-0.4, -0.2) is 27.3 Å². The second-order valence-corrected chi connectivity index (χ2v) is 10.9. The number of nitrogens with zero attached hydrogens (tertiary/aromatic N) is 3. The zero-order valence-corrected chi connectivity index (χ0v) is 19.9. The van der Waals surface area contributed by atoms with Crippen LogP contribution < -0.4 is 10.5 Å². The topological polar surface area (TPSA) is 55.2 Å². The molecular formula is C26H23N3O2S2. The lowest BCUT2D eigenvalue weighted by Crippen LogP contribution is -2.35. The molecule has 0 radical (unpaired) electrons. The van der Waals surface area contributed by atoms with Crippen molar-refractivity contribution in [1.82, 2.24) is 9.55 Å². The summed E-state index contributed by atoms with van der Waals surface area (Å²) in [5.74, 6) is 0.0487. The quantitative estimate of drug-likeness (QED) is 0.309. The number of para-hydroxylation sites is 2. The van der Waals surface area contributed by atoms with Gasteiger partial charge in [-0.15, -0.1) is 11.3 Å². The van der Waals surface area contributed by atoms with Gasteiger partial charge in [0.15, 0.2) is 5.16 Å². The van der Waals surface area contributed by atoms with Gasteiger partial charge in [0.25, 0.3) is 5.56 Å². The number of benzene rings is 2. The predicted octanol–water partition coefficient (Wildman–Crippen LogP) is 5.01. The number of carbonyl (C=O) groups is 1. The van der Waals surface area contributed by atoms with E-state index >= 15 is 0 Å². The van der Waals surface area contributed by atoms with Crippen molar-refractivity contribution in [2.75, 3.05) is 11.4 Å². The Morgan fingerprint density at radius 2 is 1.85 bits per heavy atom. The van der Waals surface area contributed by atoms with Crippen LogP contribution in [-0.2, 0) is 24.1 Å². The van der Waals surface area contributed by atoms with Crippen LogP contribution in [0.15, 0.2) is 64.5 Å². The van der Waals surface area contributed by atoms with Gasteiger partial charge in [0.1, 0.15) is 4.83 Å². The Labute approximate surface area is 200 Å². The summed E-state index contributed by atoms with van der Waals surface area (Å²) in [5, 5.41) is 0.961. The maximum absolute atomic E-state index is 13.8. The maximum Gasteiger partial charge on any atom is 0.267 e. The SMILES string of the molecule is CC(Sc1nc2sc3c(c2c(=O)n1-c1ccccc1)CCC3)C(=O)N1CCc2ccccc21. The Morgan fingerprint density at radius 3 is 2.70 bits per heavy atom. The lowest BCUT2D eigenvalue weighted by atomic mass is 10.2. The van der Waals surface area contributed by atoms with E-state index in [9.17, 15) is 9.59 Å². The number of thiophene rings is 1. The maximum atomic E-state index is 13.8. The molecule has 0 saturated carbocycles. The van der Waals surface area contributed by atoms with Crippen molar-refractivity contribution in [3.63, 3.8) is 0 Å². The van der Waals surface area contributed by atoms with E-state index in [0.717, 1.165) is 47.3 Å². The normalized spacial score (nSPS) is 15.6. The number of hydrogen-bond donors (Lipinski definition) is 0. The largest absolute Gasteiger partial charge is 0.311 e. The highest BCUT2D eigenvalue weighted by Crippen LogP contribution is 2.37. The van der Waals surface area contributed by atoms with Crippen molar-refractivity contribution in [3.8, 4) is 5.69 Å². The van der Waals surface area contributed by atoms with Crippen LogP contribution in [0.3, 0.4) is 0 Å². The number of hydrogen-bond acceptors (Lipinski definition) is 5. The molecule has 0 spiro atoms. The van der Waals surface area contributed by atoms with E-state index in [0.29, 0.717) is 11.7 Å². The highest BCUT2D eigenvalue weighted by molar-refractivity contribution is 8.00. The summed E-state index contributed by atoms with van der Waals surface area (Å²) in [7, 11) is 0. The Kier molecular flexibility index (Phi) is 5.11. The highest BCUT2D eigenvalue weighted by Gasteiger charge is 2.30. The van der Waals surface area contributed by atoms with Crippen LogP contribution in [0.25, 0.3) is 15.9 Å². The number of rotatable bonds is 4. The Bertz CT molecular complexity index is 1440. The average molecular weight is 474 g/mol. The molecule has 2 aromatic heterocycles. The molecule has 1 unspecified atom stereocenters. The van der Waals surface area contributed by atoms with E-state index in [4.69, 9.17) is 4.98 Å². The first kappa shape index (κ1) is 20.7. The third kappa shape index (κ3) is 3.42. The summed E-state index contributed by atoms with van der Waals surface area (Å²) in [6.45, 7) is 2.60. The number of fused-ring (bicyclic) bond motifs is 4. The van der Waals surface area contributed by atoms with E-state index in [-0.39, 0.29) is 16.7 Å². The van der Waals surface area contributed by atoms with E-state index < -0.39 is 0 Å². The summed E-state index contributed by atoms with van der Waals surface area (Å²) in [6, 6.07) is 17.7. The second-order valence-electron chi connectivity index (χ2n) is 8.54. The molecule has 7 heteroatoms. The van der Waals surface area contributed by atoms with Crippen molar-refractivity contribution < 1.29 is 4.79 Å². The monoisotopic (exact) mass is 473 g/mol. The number of anilines is 1. The van der Waals surface area contributed by atoms with E-state index in [2.05, 4.69) is 6.07 Å². The molecule has 5 nitrogen and oxygen atoms in total. The summed E-state index contributed by atoms with van der Waals surface area (Å²) in [5.41, 5.74) is 4.12. The Morgan fingerprint density at radius 1 is 1.06 bits per heavy atom. The Hall–Kier alpha value is -2.90. The van der Waals surface area contributed by atoms with Crippen LogP contribution >= 0.6 is 23.1 Å². The molecule has 1 atom stereocenters. The zero-order valence-electron chi connectivity index (χ0n) is 18.3. The van der Waals surface area contributed by atoms with Crippen LogP contribution in [0.4, 0.5) is 5.69 Å². The first-order valence-corrected chi connectivity index (χ1v) is 13.0. The minimum absolute atomic E-state index is 0.0285. The van der Waals surface area contributed by atoms with Gasteiger partial charge >= 0.3 is 0 Å². The van der Waals surface area contributed by atoms with Crippen LogP contribution in [0.5, 0.6) is 0 Å². The summed E-state index contributed by atoms with van der Waals surface area (Å²) in [4.78, 5) is 36.1. The van der Waals surface area contributed by atoms with Crippen molar-refractivity contribution in [2.45, 2.75) is 43.0 Å². The molecule has 0 bridgehead atoms. The van der Waals surface area contributed by atoms with Crippen LogP contribution in [0.2, 0.25) is 0 Å². The van der Waals surface area contributed by atoms with Gasteiger partial charge in [-0.2, -0.15) is 0 Å². The summed E-state index contributed by atoms with van der Waals surface area (Å²) < 4.78 is 1.69. The van der Waals surface area contributed by atoms with Crippen molar-refractivity contribution in [3.05, 3.63) is 81.0 Å². The van der Waals surface area contributed by atoms with E-state index in [1.807, 2.05) is 60.4 Å². The van der Waals surface area contributed by atoms with Gasteiger partial charge in [0.05, 0.1) is 16.3 Å². The van der Waals surface area contributed by atoms with Gasteiger partial charge in [-0.3, -0.25) is 14.2 Å². The molecule has 3 heterocycles. The molecule has 2 aromatic carbocycles. The number of amides is 1. The molecule has 33 heavy (non-hydrogen) atoms. The molecule has 0 saturated heterocycles. The van der Waals surface area contributed by atoms with Gasteiger partial charge in [-0.25, -0.2) is 4.98 Å². The van der Waals surface area contributed by atoms with Gasteiger partial charge in [0, 0.05) is 17.1 Å². The van der Waals surface area contributed by atoms with E-state index in [1.54, 1.807) is 15.9 Å². The highest BCUT2D eigenvalue weighted by atomic mass is 32.2. The van der Waals surface area contributed by atoms with E-state index in [1.165, 1.54) is 27.8 Å². The second kappa shape index (κ2) is 8.15. The van der Waals surface area contributed by atoms with Gasteiger partial charge in [-0.1, -0.05) is 48.2 Å². The minimum atomic E-state index is -0.373. The molecule has 0 fully saturated rings. The first-order chi connectivity index (χ1) is 16.1. The molecule has 2 aliphatic rings. The average Bonchev–Trinajstić information content (AvgIpc) is 3.53. The number of carbonyl (C=O) groups excluding carboxylic acids is 1. The molecule has 1 amide bonds. The Balaban J connectivity index is 1.42. The lowest BCUT2D eigenvalue weighted by molar-refractivity contribution is -0.117. The lowest BCUT2D eigenvalue weighted by Gasteiger charge is -2.22. The van der Waals surface area contributed by atoms with Crippen molar-refractivity contribution in [2.24, 2.45) is 0 Å². The fourth-order valence-electron chi connectivity index (χ4n) is 4.90. The summed E-state index contributed by atoms with van der Waals surface area (Å²) >= 11 is 3.01. The summed E-state index contributed by atoms with van der Waals surface area (Å²) in [6.07, 6.45) is 3.93. The fourth-order valence-corrected chi connectivity index (χ4v) is 7.20. The molecule has 166 valence electrons. The van der Waals surface area contributed by atoms with Gasteiger partial charge in [-0.05, 0) is 61.9 Å². The first-order valence-electron chi connectivity index (χ1n) is 11.3. The molecule has 6 rings (SSSR count). The van der Waals surface area contributed by atoms with Crippen LogP contribution in [0, 0.1) is 0 Å². The minimum Gasteiger partial charge on any atom is -0.311 e. The van der Waals surface area contributed by atoms with Crippen molar-refractivity contribution in [1.29, 1.82) is 0 Å². The fraction of sp³-hybridized carbons (Fsp3) is 0.269. The van der Waals surface area contributed by atoms with Crippen LogP contribution in [0.1, 0.15) is 29.3 Å². The third-order valence-electron chi connectivity index (χ3n) is 6.51. The number of thioether (sulfide) groups is 1. The molecule has 1 aliphatic heterocycles. The standard InChI is InChI=1S/C26H23N3O2S2/c1-16(24(30)28-15-14-17-8-5-6-12-20(17)28)32-26-27-23-22(19-11-7-13-21(19)33-23)25(31)29(26)18-9-3-2-4-10-18/h2-6,8-10,12,16H,7,11,13-15H2,1H3. The molecule has 1 aliphatic carbocycles. The van der Waals surface area contributed by atoms with Gasteiger partial charge in [0.2, 0.25) is 5.91 Å².